The van der Waals surface area contributed by atoms with Crippen molar-refractivity contribution in [2.24, 2.45) is 0 Å². The number of nitrogens with zero attached hydrogens (tertiary/aromatic N) is 1. The van der Waals surface area contributed by atoms with Gasteiger partial charge in [0.15, 0.2) is 5.78 Å². The number of alkyl halides is 4. The Kier molecular flexibility index (Phi) is 5.19. The smallest absolute Gasteiger partial charge is 0.298 e. The quantitative estimate of drug-likeness (QED) is 0.361. The minimum atomic E-state index is -4.68. The molecule has 0 fully saturated rings. The first-order chi connectivity index (χ1) is 8.74. The Morgan fingerprint density at radius 2 is 2.05 bits per heavy atom. The Morgan fingerprint density at radius 1 is 1.42 bits per heavy atom. The number of hydrogen-bond donors (Lipinski definition) is 0. The summed E-state index contributed by atoms with van der Waals surface area (Å²) in [5, 5.41) is 10.7. The van der Waals surface area contributed by atoms with Crippen molar-refractivity contribution in [3.05, 3.63) is 33.9 Å². The molecule has 1 rings (SSSR count). The monoisotopic (exact) mass is 313 g/mol. The predicted molar refractivity (Wildman–Crippen MR) is 64.4 cm³/mol. The summed E-state index contributed by atoms with van der Waals surface area (Å²) in [7, 11) is 0. The number of nitro benzene ring substituents is 1. The number of thioether (sulfide) groups is 1. The summed E-state index contributed by atoms with van der Waals surface area (Å²) >= 11 is 4.68. The second kappa shape index (κ2) is 6.25. The fraction of sp³-hybridized carbons (Fsp3) is 0.300. The van der Waals surface area contributed by atoms with Crippen LogP contribution < -0.4 is 0 Å². The third kappa shape index (κ3) is 4.71. The van der Waals surface area contributed by atoms with E-state index in [1.807, 2.05) is 0 Å². The van der Waals surface area contributed by atoms with Crippen LogP contribution >= 0.6 is 23.4 Å². The van der Waals surface area contributed by atoms with Crippen LogP contribution in [0.3, 0.4) is 0 Å². The fourth-order valence-corrected chi connectivity index (χ4v) is 2.19. The lowest BCUT2D eigenvalue weighted by Crippen LogP contribution is -2.08. The second-order valence-electron chi connectivity index (χ2n) is 3.42. The van der Waals surface area contributed by atoms with Crippen molar-refractivity contribution in [3.63, 3.8) is 0 Å². The first-order valence-corrected chi connectivity index (χ1v) is 6.19. The van der Waals surface area contributed by atoms with Crippen molar-refractivity contribution in [1.29, 1.82) is 0 Å². The number of ketones is 1. The van der Waals surface area contributed by atoms with E-state index in [0.29, 0.717) is 0 Å². The summed E-state index contributed by atoms with van der Waals surface area (Å²) in [4.78, 5) is 20.4. The molecule has 19 heavy (non-hydrogen) atoms. The van der Waals surface area contributed by atoms with E-state index in [1.54, 1.807) is 0 Å². The molecule has 0 amide bonds. The Labute approximate surface area is 115 Å². The van der Waals surface area contributed by atoms with Gasteiger partial charge in [-0.15, -0.1) is 11.6 Å². The Bertz CT molecular complexity index is 507. The molecule has 9 heteroatoms. The normalized spacial score (nSPS) is 11.4. The lowest BCUT2D eigenvalue weighted by molar-refractivity contribution is -0.387. The summed E-state index contributed by atoms with van der Waals surface area (Å²) < 4.78 is 37.2. The number of benzene rings is 1. The minimum Gasteiger partial charge on any atom is -0.298 e. The summed E-state index contributed by atoms with van der Waals surface area (Å²) in [5.41, 5.74) is -5.41. The molecule has 0 aromatic heterocycles. The zero-order chi connectivity index (χ0) is 14.6. The van der Waals surface area contributed by atoms with Gasteiger partial charge in [0.1, 0.15) is 0 Å². The molecule has 0 atom stereocenters. The van der Waals surface area contributed by atoms with Crippen LogP contribution in [0.5, 0.6) is 0 Å². The number of Topliss-reactive ketones (excluding diaryl/α,β-unsaturated/α-hetero) is 1. The SMILES string of the molecule is O=C(CCl)Cc1cccc([N+](=O)[O-])c1SC(F)(F)F. The lowest BCUT2D eigenvalue weighted by Gasteiger charge is -2.10. The van der Waals surface area contributed by atoms with Gasteiger partial charge in [0.25, 0.3) is 5.69 Å². The van der Waals surface area contributed by atoms with Crippen LogP contribution in [0.4, 0.5) is 18.9 Å². The third-order valence-electron chi connectivity index (χ3n) is 2.03. The first kappa shape index (κ1) is 15.8. The molecular formula is C10H7ClF3NO3S. The Balaban J connectivity index is 3.25. The van der Waals surface area contributed by atoms with Crippen LogP contribution in [0, 0.1) is 10.1 Å². The van der Waals surface area contributed by atoms with Crippen LogP contribution in [0.1, 0.15) is 5.56 Å². The van der Waals surface area contributed by atoms with Crippen molar-refractivity contribution in [2.75, 3.05) is 5.88 Å². The highest BCUT2D eigenvalue weighted by Gasteiger charge is 2.34. The minimum absolute atomic E-state index is 0.0535. The number of halogens is 4. The molecule has 0 bridgehead atoms. The van der Waals surface area contributed by atoms with E-state index in [2.05, 4.69) is 0 Å². The molecule has 0 radical (unpaired) electrons. The molecule has 0 aliphatic carbocycles. The van der Waals surface area contributed by atoms with E-state index in [-0.39, 0.29) is 17.9 Å². The average Bonchev–Trinajstić information content (AvgIpc) is 2.28. The summed E-state index contributed by atoms with van der Waals surface area (Å²) in [6.45, 7) is 0. The molecule has 0 aliphatic rings. The Hall–Kier alpha value is -1.28. The van der Waals surface area contributed by atoms with Gasteiger partial charge in [0.2, 0.25) is 0 Å². The molecule has 0 saturated carbocycles. The maximum absolute atomic E-state index is 12.4. The van der Waals surface area contributed by atoms with Gasteiger partial charge >= 0.3 is 5.51 Å². The number of rotatable bonds is 5. The molecule has 1 aromatic carbocycles. The van der Waals surface area contributed by atoms with Crippen molar-refractivity contribution < 1.29 is 22.9 Å². The van der Waals surface area contributed by atoms with Gasteiger partial charge in [-0.25, -0.2) is 0 Å². The predicted octanol–water partition coefficient (Wildman–Crippen LogP) is 3.56. The van der Waals surface area contributed by atoms with Crippen molar-refractivity contribution in [2.45, 2.75) is 16.8 Å². The van der Waals surface area contributed by atoms with Gasteiger partial charge < -0.3 is 0 Å². The van der Waals surface area contributed by atoms with Crippen molar-refractivity contribution in [1.82, 2.24) is 0 Å². The molecule has 1 aromatic rings. The number of carbonyl (C=O) groups excluding carboxylic acids is 1. The summed E-state index contributed by atoms with van der Waals surface area (Å²) in [6.07, 6.45) is -0.371. The highest BCUT2D eigenvalue weighted by atomic mass is 35.5. The molecule has 0 heterocycles. The summed E-state index contributed by atoms with van der Waals surface area (Å²) in [5.74, 6) is -0.870. The van der Waals surface area contributed by atoms with E-state index in [0.717, 1.165) is 6.07 Å². The summed E-state index contributed by atoms with van der Waals surface area (Å²) in [6, 6.07) is 3.43. The van der Waals surface area contributed by atoms with E-state index in [1.165, 1.54) is 12.1 Å². The van der Waals surface area contributed by atoms with Gasteiger partial charge in [0, 0.05) is 12.5 Å². The molecule has 0 unspecified atom stereocenters. The van der Waals surface area contributed by atoms with Crippen LogP contribution in [-0.4, -0.2) is 22.1 Å². The Morgan fingerprint density at radius 3 is 2.53 bits per heavy atom. The average molecular weight is 314 g/mol. The molecule has 0 aliphatic heterocycles. The third-order valence-corrected chi connectivity index (χ3v) is 3.23. The highest BCUT2D eigenvalue weighted by molar-refractivity contribution is 8.00. The maximum atomic E-state index is 12.4. The molecule has 104 valence electrons. The second-order valence-corrected chi connectivity index (χ2v) is 4.76. The van der Waals surface area contributed by atoms with Gasteiger partial charge in [-0.2, -0.15) is 13.2 Å². The van der Waals surface area contributed by atoms with Gasteiger partial charge in [-0.1, -0.05) is 12.1 Å². The molecule has 0 spiro atoms. The molecule has 4 nitrogen and oxygen atoms in total. The maximum Gasteiger partial charge on any atom is 0.446 e. The number of hydrogen-bond acceptors (Lipinski definition) is 4. The van der Waals surface area contributed by atoms with Gasteiger partial charge in [0.05, 0.1) is 15.7 Å². The molecule has 0 saturated heterocycles. The van der Waals surface area contributed by atoms with Gasteiger partial charge in [-0.3, -0.25) is 14.9 Å². The van der Waals surface area contributed by atoms with Crippen molar-refractivity contribution >= 4 is 34.8 Å². The highest BCUT2D eigenvalue weighted by Crippen LogP contribution is 2.43. The number of nitro groups is 1. The van der Waals surface area contributed by atoms with Crippen LogP contribution in [0.15, 0.2) is 23.1 Å². The van der Waals surface area contributed by atoms with Crippen LogP contribution in [0.2, 0.25) is 0 Å². The van der Waals surface area contributed by atoms with Crippen LogP contribution in [-0.2, 0) is 11.2 Å². The lowest BCUT2D eigenvalue weighted by atomic mass is 10.1. The zero-order valence-electron chi connectivity index (χ0n) is 9.24. The van der Waals surface area contributed by atoms with Crippen LogP contribution in [0.25, 0.3) is 0 Å². The fourth-order valence-electron chi connectivity index (χ4n) is 1.35. The first-order valence-electron chi connectivity index (χ1n) is 4.84. The van der Waals surface area contributed by atoms with E-state index >= 15 is 0 Å². The van der Waals surface area contributed by atoms with E-state index in [4.69, 9.17) is 11.6 Å². The van der Waals surface area contributed by atoms with Gasteiger partial charge in [-0.05, 0) is 17.3 Å². The number of carbonyl (C=O) groups is 1. The molecular weight excluding hydrogens is 307 g/mol. The largest absolute Gasteiger partial charge is 0.446 e. The van der Waals surface area contributed by atoms with Crippen molar-refractivity contribution in [3.8, 4) is 0 Å². The van der Waals surface area contributed by atoms with E-state index < -0.39 is 38.6 Å². The van der Waals surface area contributed by atoms with E-state index in [9.17, 15) is 28.1 Å². The topological polar surface area (TPSA) is 60.2 Å². The zero-order valence-corrected chi connectivity index (χ0v) is 10.8. The standard InChI is InChI=1S/C10H7ClF3NO3S/c11-5-7(16)4-6-2-1-3-8(15(17)18)9(6)19-10(12,13)14/h1-3H,4-5H2. The molecule has 0 N–H and O–H groups in total.